The van der Waals surface area contributed by atoms with E-state index in [1.807, 2.05) is 4.68 Å². The maximum Gasteiger partial charge on any atom is 0.422 e. The van der Waals surface area contributed by atoms with Crippen molar-refractivity contribution in [2.24, 2.45) is 5.92 Å². The van der Waals surface area contributed by atoms with E-state index in [9.17, 15) is 18.0 Å². The highest BCUT2D eigenvalue weighted by Crippen LogP contribution is 2.44. The van der Waals surface area contributed by atoms with Crippen molar-refractivity contribution in [2.75, 3.05) is 19.0 Å². The number of methoxy groups -OCH3 is 1. The summed E-state index contributed by atoms with van der Waals surface area (Å²) < 4.78 is 49.8. The highest BCUT2D eigenvalue weighted by molar-refractivity contribution is 5.98. The fraction of sp³-hybridized carbons (Fsp3) is 0.481. The minimum Gasteiger partial charge on any atom is -0.484 e. The molecule has 3 heterocycles. The molecule has 1 aromatic carbocycles. The van der Waals surface area contributed by atoms with Gasteiger partial charge >= 0.3 is 12.2 Å². The number of ether oxygens (including phenoxy) is 2. The summed E-state index contributed by atoms with van der Waals surface area (Å²) in [5.41, 5.74) is 3.24. The van der Waals surface area contributed by atoms with Crippen molar-refractivity contribution in [1.29, 1.82) is 0 Å². The molecule has 2 aromatic heterocycles. The van der Waals surface area contributed by atoms with E-state index in [0.29, 0.717) is 43.1 Å². The Labute approximate surface area is 223 Å². The number of fused-ring (bicyclic) bond motifs is 3. The number of nitrogens with zero attached hydrogens (tertiary/aromatic N) is 4. The second-order valence-electron chi connectivity index (χ2n) is 10.4. The van der Waals surface area contributed by atoms with E-state index in [1.165, 1.54) is 20.0 Å². The number of benzene rings is 1. The van der Waals surface area contributed by atoms with Gasteiger partial charge in [0.2, 0.25) is 0 Å². The van der Waals surface area contributed by atoms with Gasteiger partial charge in [-0.25, -0.2) is 4.98 Å². The van der Waals surface area contributed by atoms with Gasteiger partial charge in [0.1, 0.15) is 11.6 Å². The number of aromatic nitrogens is 4. The second kappa shape index (κ2) is 9.73. The molecule has 1 spiro atoms. The third-order valence-electron chi connectivity index (χ3n) is 7.69. The van der Waals surface area contributed by atoms with Gasteiger partial charge in [-0.05, 0) is 54.5 Å². The highest BCUT2D eigenvalue weighted by Gasteiger charge is 2.46. The Morgan fingerprint density at radius 2 is 2.10 bits per heavy atom. The number of alkyl halides is 3. The minimum absolute atomic E-state index is 0.171. The van der Waals surface area contributed by atoms with E-state index in [-0.39, 0.29) is 17.7 Å². The van der Waals surface area contributed by atoms with Gasteiger partial charge in [-0.1, -0.05) is 18.9 Å². The molecule has 6 rings (SSSR count). The summed E-state index contributed by atoms with van der Waals surface area (Å²) in [6.45, 7) is -0.267. The summed E-state index contributed by atoms with van der Waals surface area (Å²) in [4.78, 5) is 22.0. The summed E-state index contributed by atoms with van der Waals surface area (Å²) in [5.74, 6) is 1.25. The standard InChI is InChI=1S/C27H29F3N6O3/c1-38-25-31-10-7-22(33-25)32-14-21-23-20(35-36(21)11-8-16-2-3-16)13-26(34-24(23)37)9-6-17-12-18(4-5-19(17)26)39-15-27(28,29)30/h4-5,7,10,12,16H,2-3,6,8-9,11,13-15H2,1H3,(H,34,37)(H,31,32,33)/t26-/m1/s1. The minimum atomic E-state index is -4.40. The average molecular weight is 543 g/mol. The average Bonchev–Trinajstić information content (AvgIpc) is 3.59. The predicted molar refractivity (Wildman–Crippen MR) is 135 cm³/mol. The van der Waals surface area contributed by atoms with Crippen LogP contribution in [0.25, 0.3) is 0 Å². The molecule has 39 heavy (non-hydrogen) atoms. The largest absolute Gasteiger partial charge is 0.484 e. The van der Waals surface area contributed by atoms with E-state index < -0.39 is 18.3 Å². The number of amides is 1. The lowest BCUT2D eigenvalue weighted by Gasteiger charge is -2.35. The normalized spacial score (nSPS) is 19.9. The Balaban J connectivity index is 1.27. The Morgan fingerprint density at radius 1 is 1.26 bits per heavy atom. The summed E-state index contributed by atoms with van der Waals surface area (Å²) in [7, 11) is 1.50. The Morgan fingerprint density at radius 3 is 2.87 bits per heavy atom. The Bertz CT molecular complexity index is 1400. The number of nitrogens with one attached hydrogen (secondary N) is 2. The van der Waals surface area contributed by atoms with Crippen LogP contribution >= 0.6 is 0 Å². The zero-order valence-corrected chi connectivity index (χ0v) is 21.5. The third-order valence-corrected chi connectivity index (χ3v) is 7.69. The van der Waals surface area contributed by atoms with Crippen LogP contribution in [0.2, 0.25) is 0 Å². The maximum atomic E-state index is 13.6. The van der Waals surface area contributed by atoms with E-state index in [1.54, 1.807) is 30.5 Å². The van der Waals surface area contributed by atoms with Crippen molar-refractivity contribution in [3.8, 4) is 11.8 Å². The van der Waals surface area contributed by atoms with Crippen molar-refractivity contribution in [1.82, 2.24) is 25.1 Å². The number of anilines is 1. The van der Waals surface area contributed by atoms with Gasteiger partial charge in [0.05, 0.1) is 36.1 Å². The number of hydrogen-bond acceptors (Lipinski definition) is 7. The Hall–Kier alpha value is -3.83. The van der Waals surface area contributed by atoms with Crippen LogP contribution in [0, 0.1) is 5.92 Å². The maximum absolute atomic E-state index is 13.6. The van der Waals surface area contributed by atoms with Crippen molar-refractivity contribution >= 4 is 11.7 Å². The Kier molecular flexibility index (Phi) is 6.35. The van der Waals surface area contributed by atoms with Crippen molar-refractivity contribution in [2.45, 2.75) is 63.3 Å². The molecule has 0 radical (unpaired) electrons. The molecular formula is C27H29F3N6O3. The first-order valence-corrected chi connectivity index (χ1v) is 13.1. The fourth-order valence-electron chi connectivity index (χ4n) is 5.63. The van der Waals surface area contributed by atoms with Gasteiger partial charge in [0.25, 0.3) is 5.91 Å². The molecular weight excluding hydrogens is 513 g/mol. The first kappa shape index (κ1) is 25.4. The van der Waals surface area contributed by atoms with Crippen LogP contribution in [-0.4, -0.2) is 45.5 Å². The monoisotopic (exact) mass is 542 g/mol. The van der Waals surface area contributed by atoms with E-state index >= 15 is 0 Å². The molecule has 1 fully saturated rings. The topological polar surface area (TPSA) is 103 Å². The number of aryl methyl sites for hydroxylation is 2. The molecule has 3 aliphatic rings. The molecule has 1 amide bonds. The lowest BCUT2D eigenvalue weighted by atomic mass is 9.82. The smallest absolute Gasteiger partial charge is 0.422 e. The van der Waals surface area contributed by atoms with Crippen LogP contribution in [0.3, 0.4) is 0 Å². The van der Waals surface area contributed by atoms with Crippen LogP contribution in [0.4, 0.5) is 19.0 Å². The van der Waals surface area contributed by atoms with Crippen molar-refractivity contribution in [3.05, 3.63) is 58.5 Å². The highest BCUT2D eigenvalue weighted by atomic mass is 19.4. The third kappa shape index (κ3) is 5.24. The molecule has 2 N–H and O–H groups in total. The molecule has 2 aliphatic carbocycles. The van der Waals surface area contributed by atoms with Gasteiger partial charge in [-0.15, -0.1) is 0 Å². The van der Waals surface area contributed by atoms with Crippen LogP contribution in [-0.2, 0) is 31.5 Å². The number of halogens is 3. The molecule has 206 valence electrons. The second-order valence-corrected chi connectivity index (χ2v) is 10.4. The van der Waals surface area contributed by atoms with Gasteiger partial charge in [-0.2, -0.15) is 23.3 Å². The molecule has 1 aliphatic heterocycles. The molecule has 9 nitrogen and oxygen atoms in total. The van der Waals surface area contributed by atoms with Crippen molar-refractivity contribution in [3.63, 3.8) is 0 Å². The summed E-state index contributed by atoms with van der Waals surface area (Å²) >= 11 is 0. The van der Waals surface area contributed by atoms with Gasteiger partial charge in [0, 0.05) is 19.2 Å². The number of hydrogen-bond donors (Lipinski definition) is 2. The van der Waals surface area contributed by atoms with Crippen molar-refractivity contribution < 1.29 is 27.4 Å². The summed E-state index contributed by atoms with van der Waals surface area (Å²) in [6.07, 6.45) is 2.43. The van der Waals surface area contributed by atoms with Crippen LogP contribution in [0.5, 0.6) is 11.8 Å². The molecule has 0 bridgehead atoms. The lowest BCUT2D eigenvalue weighted by molar-refractivity contribution is -0.153. The number of carbonyl (C=O) groups is 1. The molecule has 0 saturated heterocycles. The fourth-order valence-corrected chi connectivity index (χ4v) is 5.63. The van der Waals surface area contributed by atoms with Gasteiger partial charge in [0.15, 0.2) is 6.61 Å². The molecule has 3 aromatic rings. The summed E-state index contributed by atoms with van der Waals surface area (Å²) in [5, 5.41) is 11.4. The van der Waals surface area contributed by atoms with Gasteiger partial charge in [-0.3, -0.25) is 9.48 Å². The lowest BCUT2D eigenvalue weighted by Crippen LogP contribution is -2.50. The van der Waals surface area contributed by atoms with Gasteiger partial charge < -0.3 is 20.1 Å². The van der Waals surface area contributed by atoms with Crippen LogP contribution < -0.4 is 20.1 Å². The summed E-state index contributed by atoms with van der Waals surface area (Å²) in [6, 6.07) is 6.94. The van der Waals surface area contributed by atoms with E-state index in [2.05, 4.69) is 20.6 Å². The number of rotatable bonds is 9. The quantitative estimate of drug-likeness (QED) is 0.419. The molecule has 1 saturated carbocycles. The molecule has 12 heteroatoms. The zero-order valence-electron chi connectivity index (χ0n) is 21.5. The first-order chi connectivity index (χ1) is 18.7. The molecule has 1 atom stereocenters. The zero-order chi connectivity index (χ0) is 27.2. The predicted octanol–water partition coefficient (Wildman–Crippen LogP) is 4.16. The molecule has 0 unspecified atom stereocenters. The first-order valence-electron chi connectivity index (χ1n) is 13.1. The number of carbonyl (C=O) groups excluding carboxylic acids is 1. The van der Waals surface area contributed by atoms with Crippen LogP contribution in [0.1, 0.15) is 58.6 Å². The van der Waals surface area contributed by atoms with E-state index in [4.69, 9.17) is 14.6 Å². The SMILES string of the molecule is COc1nccc(NCc2c3c(nn2CCC2CC2)C[C@@]2(CCc4cc(OCC(F)(F)F)ccc42)NC3=O)n1. The van der Waals surface area contributed by atoms with Crippen LogP contribution in [0.15, 0.2) is 30.5 Å². The van der Waals surface area contributed by atoms with E-state index in [0.717, 1.165) is 35.5 Å².